The van der Waals surface area contributed by atoms with Crippen molar-refractivity contribution in [3.63, 3.8) is 0 Å². The van der Waals surface area contributed by atoms with E-state index in [0.717, 1.165) is 12.5 Å². The van der Waals surface area contributed by atoms with Gasteiger partial charge in [0.05, 0.1) is 0 Å². The first kappa shape index (κ1) is 15.7. The Morgan fingerprint density at radius 2 is 1.83 bits per heavy atom. The predicted molar refractivity (Wildman–Crippen MR) is 84.1 cm³/mol. The molecule has 0 aromatic heterocycles. The average molecular weight is 312 g/mol. The van der Waals surface area contributed by atoms with Crippen molar-refractivity contribution in [3.8, 4) is 0 Å². The lowest BCUT2D eigenvalue weighted by Crippen LogP contribution is -2.23. The molecule has 1 aromatic rings. The van der Waals surface area contributed by atoms with Gasteiger partial charge in [0.2, 0.25) is 0 Å². The van der Waals surface area contributed by atoms with Gasteiger partial charge in [0.1, 0.15) is 0 Å². The Labute approximate surface area is 120 Å². The van der Waals surface area contributed by atoms with Crippen LogP contribution in [0.4, 0.5) is 0 Å². The van der Waals surface area contributed by atoms with E-state index in [-0.39, 0.29) is 0 Å². The molecule has 2 atom stereocenters. The zero-order chi connectivity index (χ0) is 13.7. The molecule has 1 aromatic carbocycles. The molecule has 18 heavy (non-hydrogen) atoms. The van der Waals surface area contributed by atoms with E-state index in [1.165, 1.54) is 34.0 Å². The number of hydrogen-bond donors (Lipinski definition) is 1. The Morgan fingerprint density at radius 1 is 1.17 bits per heavy atom. The fourth-order valence-corrected chi connectivity index (χ4v) is 2.77. The van der Waals surface area contributed by atoms with Gasteiger partial charge in [-0.2, -0.15) is 0 Å². The highest BCUT2D eigenvalue weighted by Gasteiger charge is 2.16. The van der Waals surface area contributed by atoms with Crippen LogP contribution in [0.15, 0.2) is 16.6 Å². The van der Waals surface area contributed by atoms with E-state index in [2.05, 4.69) is 68.0 Å². The van der Waals surface area contributed by atoms with Crippen molar-refractivity contribution in [2.24, 2.45) is 5.92 Å². The number of aryl methyl sites for hydroxylation is 2. The molecule has 0 spiro atoms. The number of halogens is 1. The van der Waals surface area contributed by atoms with Crippen molar-refractivity contribution in [1.82, 2.24) is 5.32 Å². The van der Waals surface area contributed by atoms with Crippen molar-refractivity contribution in [2.45, 2.75) is 53.5 Å². The minimum absolute atomic E-state index is 0.483. The van der Waals surface area contributed by atoms with Crippen molar-refractivity contribution >= 4 is 15.9 Å². The number of nitrogens with one attached hydrogen (secondary N) is 1. The average Bonchev–Trinajstić information content (AvgIpc) is 2.33. The third kappa shape index (κ3) is 4.10. The summed E-state index contributed by atoms with van der Waals surface area (Å²) in [5, 5.41) is 3.64. The van der Waals surface area contributed by atoms with Crippen LogP contribution in [0.3, 0.4) is 0 Å². The van der Waals surface area contributed by atoms with Gasteiger partial charge in [-0.25, -0.2) is 0 Å². The van der Waals surface area contributed by atoms with Crippen LogP contribution in [-0.2, 0) is 0 Å². The molecule has 0 fully saturated rings. The quantitative estimate of drug-likeness (QED) is 0.765. The minimum Gasteiger partial charge on any atom is -0.310 e. The molecule has 2 unspecified atom stereocenters. The first-order valence-electron chi connectivity index (χ1n) is 6.99. The van der Waals surface area contributed by atoms with E-state index in [1.807, 2.05) is 0 Å². The Balaban J connectivity index is 3.01. The predicted octanol–water partition coefficient (Wildman–Crippen LogP) is 5.15. The van der Waals surface area contributed by atoms with Crippen LogP contribution in [0, 0.1) is 19.8 Å². The summed E-state index contributed by atoms with van der Waals surface area (Å²) in [6.07, 6.45) is 2.46. The molecule has 0 radical (unpaired) electrons. The summed E-state index contributed by atoms with van der Waals surface area (Å²) in [4.78, 5) is 0. The molecule has 1 N–H and O–H groups in total. The number of benzene rings is 1. The van der Waals surface area contributed by atoms with E-state index in [0.29, 0.717) is 6.04 Å². The molecule has 0 saturated carbocycles. The van der Waals surface area contributed by atoms with E-state index in [9.17, 15) is 0 Å². The first-order valence-corrected chi connectivity index (χ1v) is 7.78. The van der Waals surface area contributed by atoms with Crippen LogP contribution in [-0.4, -0.2) is 6.54 Å². The molecule has 0 bridgehead atoms. The molecule has 0 saturated heterocycles. The lowest BCUT2D eigenvalue weighted by Gasteiger charge is -2.24. The van der Waals surface area contributed by atoms with Crippen LogP contribution >= 0.6 is 15.9 Å². The zero-order valence-electron chi connectivity index (χ0n) is 12.3. The van der Waals surface area contributed by atoms with Crippen LogP contribution < -0.4 is 5.32 Å². The van der Waals surface area contributed by atoms with Gasteiger partial charge in [-0.3, -0.25) is 0 Å². The summed E-state index contributed by atoms with van der Waals surface area (Å²) in [7, 11) is 0. The fourth-order valence-electron chi connectivity index (χ4n) is 2.31. The largest absolute Gasteiger partial charge is 0.310 e. The molecular formula is C16H26BrN. The van der Waals surface area contributed by atoms with Crippen LogP contribution in [0.2, 0.25) is 0 Å². The number of rotatable bonds is 6. The Morgan fingerprint density at radius 3 is 2.39 bits per heavy atom. The van der Waals surface area contributed by atoms with Gasteiger partial charge in [-0.05, 0) is 55.5 Å². The van der Waals surface area contributed by atoms with E-state index in [4.69, 9.17) is 0 Å². The highest BCUT2D eigenvalue weighted by molar-refractivity contribution is 9.10. The zero-order valence-corrected chi connectivity index (χ0v) is 13.9. The van der Waals surface area contributed by atoms with Gasteiger partial charge in [0.25, 0.3) is 0 Å². The van der Waals surface area contributed by atoms with Crippen LogP contribution in [0.5, 0.6) is 0 Å². The number of hydrogen-bond acceptors (Lipinski definition) is 1. The smallest absolute Gasteiger partial charge is 0.0325 e. The summed E-state index contributed by atoms with van der Waals surface area (Å²) in [6, 6.07) is 5.05. The van der Waals surface area contributed by atoms with Gasteiger partial charge in [0, 0.05) is 10.5 Å². The van der Waals surface area contributed by atoms with Gasteiger partial charge in [0.15, 0.2) is 0 Å². The second kappa shape index (κ2) is 7.30. The highest BCUT2D eigenvalue weighted by Crippen LogP contribution is 2.29. The molecule has 1 rings (SSSR count). The molecule has 2 heteroatoms. The fraction of sp³-hybridized carbons (Fsp3) is 0.625. The Kier molecular flexibility index (Phi) is 6.37. The van der Waals surface area contributed by atoms with Gasteiger partial charge < -0.3 is 5.32 Å². The standard InChI is InChI=1S/C16H26BrN/c1-6-11(3)8-16(18-7-2)14-9-13(5)15(17)10-12(14)4/h9-11,16,18H,6-8H2,1-5H3. The maximum atomic E-state index is 3.64. The SMILES string of the molecule is CCNC(CC(C)CC)c1cc(C)c(Br)cc1C. The molecule has 0 aliphatic heterocycles. The summed E-state index contributed by atoms with van der Waals surface area (Å²) in [6.45, 7) is 12.2. The Hall–Kier alpha value is -0.340. The molecule has 0 aliphatic rings. The lowest BCUT2D eigenvalue weighted by atomic mass is 9.91. The van der Waals surface area contributed by atoms with Gasteiger partial charge >= 0.3 is 0 Å². The van der Waals surface area contributed by atoms with E-state index < -0.39 is 0 Å². The third-order valence-corrected chi connectivity index (χ3v) is 4.56. The minimum atomic E-state index is 0.483. The molecular weight excluding hydrogens is 286 g/mol. The van der Waals surface area contributed by atoms with Gasteiger partial charge in [-0.1, -0.05) is 49.2 Å². The maximum Gasteiger partial charge on any atom is 0.0325 e. The molecule has 0 heterocycles. The normalized spacial score (nSPS) is 14.6. The summed E-state index contributed by atoms with van der Waals surface area (Å²) in [5.41, 5.74) is 4.15. The Bertz CT molecular complexity index is 387. The van der Waals surface area contributed by atoms with Crippen molar-refractivity contribution in [2.75, 3.05) is 6.54 Å². The van der Waals surface area contributed by atoms with Crippen molar-refractivity contribution < 1.29 is 0 Å². The molecule has 0 aliphatic carbocycles. The monoisotopic (exact) mass is 311 g/mol. The maximum absolute atomic E-state index is 3.64. The van der Waals surface area contributed by atoms with E-state index >= 15 is 0 Å². The van der Waals surface area contributed by atoms with Crippen LogP contribution in [0.25, 0.3) is 0 Å². The molecule has 102 valence electrons. The topological polar surface area (TPSA) is 12.0 Å². The van der Waals surface area contributed by atoms with Gasteiger partial charge in [-0.15, -0.1) is 0 Å². The van der Waals surface area contributed by atoms with Crippen molar-refractivity contribution in [3.05, 3.63) is 33.3 Å². The lowest BCUT2D eigenvalue weighted by molar-refractivity contribution is 0.407. The summed E-state index contributed by atoms with van der Waals surface area (Å²) < 4.78 is 1.21. The van der Waals surface area contributed by atoms with E-state index in [1.54, 1.807) is 0 Å². The first-order chi connectivity index (χ1) is 8.49. The van der Waals surface area contributed by atoms with Crippen LogP contribution in [0.1, 0.15) is 56.3 Å². The second-order valence-electron chi connectivity index (χ2n) is 5.32. The summed E-state index contributed by atoms with van der Waals surface area (Å²) in [5.74, 6) is 0.761. The highest BCUT2D eigenvalue weighted by atomic mass is 79.9. The summed E-state index contributed by atoms with van der Waals surface area (Å²) >= 11 is 3.61. The molecule has 0 amide bonds. The second-order valence-corrected chi connectivity index (χ2v) is 6.17. The third-order valence-electron chi connectivity index (χ3n) is 3.71. The van der Waals surface area contributed by atoms with Crippen molar-refractivity contribution in [1.29, 1.82) is 0 Å². The molecule has 1 nitrogen and oxygen atoms in total.